The molecule has 4 aromatic rings. The Bertz CT molecular complexity index is 1170. The van der Waals surface area contributed by atoms with Crippen molar-refractivity contribution in [3.63, 3.8) is 0 Å². The minimum absolute atomic E-state index is 0.658. The molecule has 0 atom stereocenters. The van der Waals surface area contributed by atoms with Crippen molar-refractivity contribution in [3.8, 4) is 16.9 Å². The summed E-state index contributed by atoms with van der Waals surface area (Å²) in [6.45, 7) is 1.40. The van der Waals surface area contributed by atoms with Crippen LogP contribution < -0.4 is 15.0 Å². The molecule has 3 aromatic heterocycles. The van der Waals surface area contributed by atoms with Gasteiger partial charge in [0.25, 0.3) is 0 Å². The van der Waals surface area contributed by atoms with Crippen molar-refractivity contribution in [1.29, 1.82) is 0 Å². The second kappa shape index (κ2) is 7.05. The molecule has 0 spiro atoms. The van der Waals surface area contributed by atoms with Gasteiger partial charge in [-0.2, -0.15) is 0 Å². The molecule has 146 valence electrons. The first kappa shape index (κ1) is 17.4. The molecule has 5 rings (SSSR count). The summed E-state index contributed by atoms with van der Waals surface area (Å²) >= 11 is 0. The van der Waals surface area contributed by atoms with Crippen LogP contribution in [0.4, 0.5) is 11.8 Å². The highest BCUT2D eigenvalue weighted by atomic mass is 16.5. The number of aromatic nitrogens is 5. The first-order chi connectivity index (χ1) is 14.2. The first-order valence-corrected chi connectivity index (χ1v) is 9.50. The van der Waals surface area contributed by atoms with E-state index in [4.69, 9.17) is 4.74 Å². The van der Waals surface area contributed by atoms with Crippen LogP contribution in [0.5, 0.6) is 5.75 Å². The molecule has 0 amide bonds. The van der Waals surface area contributed by atoms with Crippen LogP contribution in [0.1, 0.15) is 11.1 Å². The molecule has 0 saturated heterocycles. The molecular weight excluding hydrogens is 366 g/mol. The summed E-state index contributed by atoms with van der Waals surface area (Å²) in [6.07, 6.45) is 6.27. The van der Waals surface area contributed by atoms with Gasteiger partial charge in [0, 0.05) is 56.1 Å². The zero-order chi connectivity index (χ0) is 19.8. The van der Waals surface area contributed by atoms with Crippen molar-refractivity contribution in [1.82, 2.24) is 24.6 Å². The number of anilines is 2. The minimum Gasteiger partial charge on any atom is -0.493 e. The molecule has 1 N–H and O–H groups in total. The SMILES string of the molecule is CN(C)c1ccc(-c2cnc(NCc3cccc4c3CCO4)n3cnnc23)cn1. The lowest BCUT2D eigenvalue weighted by Gasteiger charge is -2.13. The Morgan fingerprint density at radius 3 is 2.90 bits per heavy atom. The van der Waals surface area contributed by atoms with E-state index >= 15 is 0 Å². The number of pyridine rings is 1. The summed E-state index contributed by atoms with van der Waals surface area (Å²) in [5, 5.41) is 11.8. The van der Waals surface area contributed by atoms with E-state index in [1.165, 1.54) is 11.1 Å². The summed E-state index contributed by atoms with van der Waals surface area (Å²) in [6, 6.07) is 10.2. The Labute approximate surface area is 168 Å². The van der Waals surface area contributed by atoms with E-state index in [9.17, 15) is 0 Å². The molecule has 8 nitrogen and oxygen atoms in total. The number of fused-ring (bicyclic) bond motifs is 2. The largest absolute Gasteiger partial charge is 0.493 e. The quantitative estimate of drug-likeness (QED) is 0.564. The van der Waals surface area contributed by atoms with E-state index in [2.05, 4.69) is 31.5 Å². The summed E-state index contributed by atoms with van der Waals surface area (Å²) in [7, 11) is 3.93. The van der Waals surface area contributed by atoms with Gasteiger partial charge >= 0.3 is 0 Å². The highest BCUT2D eigenvalue weighted by Crippen LogP contribution is 2.29. The maximum atomic E-state index is 5.66. The van der Waals surface area contributed by atoms with Crippen molar-refractivity contribution < 1.29 is 4.74 Å². The van der Waals surface area contributed by atoms with Gasteiger partial charge in [0.05, 0.1) is 6.61 Å². The van der Waals surface area contributed by atoms with Gasteiger partial charge in [-0.25, -0.2) is 9.97 Å². The minimum atomic E-state index is 0.658. The summed E-state index contributed by atoms with van der Waals surface area (Å²) in [5.74, 6) is 2.58. The number of rotatable bonds is 5. The number of benzene rings is 1. The molecule has 0 aliphatic carbocycles. The van der Waals surface area contributed by atoms with Crippen LogP contribution >= 0.6 is 0 Å². The van der Waals surface area contributed by atoms with Crippen molar-refractivity contribution in [3.05, 3.63) is 60.2 Å². The molecule has 8 heteroatoms. The Balaban J connectivity index is 1.44. The highest BCUT2D eigenvalue weighted by molar-refractivity contribution is 5.77. The molecule has 0 bridgehead atoms. The van der Waals surface area contributed by atoms with E-state index in [1.807, 2.05) is 60.1 Å². The third kappa shape index (κ3) is 3.12. The molecule has 4 heterocycles. The van der Waals surface area contributed by atoms with Crippen molar-refractivity contribution in [2.24, 2.45) is 0 Å². The summed E-state index contributed by atoms with van der Waals surface area (Å²) in [5.41, 5.74) is 5.06. The maximum absolute atomic E-state index is 5.66. The third-order valence-electron chi connectivity index (χ3n) is 5.13. The fourth-order valence-electron chi connectivity index (χ4n) is 3.60. The fourth-order valence-corrected chi connectivity index (χ4v) is 3.60. The normalized spacial score (nSPS) is 12.6. The van der Waals surface area contributed by atoms with E-state index in [1.54, 1.807) is 6.33 Å². The summed E-state index contributed by atoms with van der Waals surface area (Å²) < 4.78 is 7.53. The van der Waals surface area contributed by atoms with Crippen LogP contribution in [0.25, 0.3) is 16.8 Å². The molecule has 0 unspecified atom stereocenters. The predicted molar refractivity (Wildman–Crippen MR) is 111 cm³/mol. The Hall–Kier alpha value is -3.68. The molecule has 29 heavy (non-hydrogen) atoms. The maximum Gasteiger partial charge on any atom is 0.210 e. The lowest BCUT2D eigenvalue weighted by molar-refractivity contribution is 0.357. The monoisotopic (exact) mass is 387 g/mol. The van der Waals surface area contributed by atoms with Gasteiger partial charge in [-0.1, -0.05) is 12.1 Å². The van der Waals surface area contributed by atoms with Gasteiger partial charge in [-0.15, -0.1) is 10.2 Å². The Morgan fingerprint density at radius 1 is 1.14 bits per heavy atom. The topological polar surface area (TPSA) is 80.5 Å². The number of hydrogen-bond acceptors (Lipinski definition) is 7. The van der Waals surface area contributed by atoms with E-state index < -0.39 is 0 Å². The van der Waals surface area contributed by atoms with Gasteiger partial charge in [0.2, 0.25) is 5.95 Å². The molecule has 0 radical (unpaired) electrons. The third-order valence-corrected chi connectivity index (χ3v) is 5.13. The van der Waals surface area contributed by atoms with Crippen LogP contribution in [-0.4, -0.2) is 45.3 Å². The van der Waals surface area contributed by atoms with Gasteiger partial charge in [-0.3, -0.25) is 4.40 Å². The van der Waals surface area contributed by atoms with Crippen LogP contribution in [-0.2, 0) is 13.0 Å². The molecule has 1 aliphatic heterocycles. The smallest absolute Gasteiger partial charge is 0.210 e. The van der Waals surface area contributed by atoms with Crippen molar-refractivity contribution in [2.75, 3.05) is 30.9 Å². The number of nitrogens with one attached hydrogen (secondary N) is 1. The van der Waals surface area contributed by atoms with Gasteiger partial charge in [-0.05, 0) is 23.8 Å². The number of hydrogen-bond donors (Lipinski definition) is 1. The van der Waals surface area contributed by atoms with Gasteiger partial charge in [0.15, 0.2) is 5.65 Å². The summed E-state index contributed by atoms with van der Waals surface area (Å²) in [4.78, 5) is 11.1. The van der Waals surface area contributed by atoms with Crippen molar-refractivity contribution in [2.45, 2.75) is 13.0 Å². The standard InChI is InChI=1S/C21H21N7O/c1-27(2)19-7-6-15(10-22-19)17-12-24-21(28-13-25-26-20(17)28)23-11-14-4-3-5-18-16(14)8-9-29-18/h3-7,10,12-13H,8-9,11H2,1-2H3,(H,23,24). The van der Waals surface area contributed by atoms with E-state index in [0.717, 1.165) is 41.4 Å². The van der Waals surface area contributed by atoms with Crippen LogP contribution in [0.2, 0.25) is 0 Å². The average molecular weight is 387 g/mol. The Morgan fingerprint density at radius 2 is 2.07 bits per heavy atom. The van der Waals surface area contributed by atoms with E-state index in [0.29, 0.717) is 12.5 Å². The second-order valence-electron chi connectivity index (χ2n) is 7.17. The molecule has 1 aromatic carbocycles. The average Bonchev–Trinajstić information content (AvgIpc) is 3.42. The van der Waals surface area contributed by atoms with E-state index in [-0.39, 0.29) is 0 Å². The molecule has 0 fully saturated rings. The molecule has 1 aliphatic rings. The number of nitrogens with zero attached hydrogens (tertiary/aromatic N) is 6. The fraction of sp³-hybridized carbons (Fsp3) is 0.238. The molecule has 0 saturated carbocycles. The second-order valence-corrected chi connectivity index (χ2v) is 7.17. The highest BCUT2D eigenvalue weighted by Gasteiger charge is 2.16. The zero-order valence-electron chi connectivity index (χ0n) is 16.3. The zero-order valence-corrected chi connectivity index (χ0v) is 16.3. The van der Waals surface area contributed by atoms with Gasteiger partial charge in [0.1, 0.15) is 17.9 Å². The van der Waals surface area contributed by atoms with Crippen molar-refractivity contribution >= 4 is 17.4 Å². The Kier molecular flexibility index (Phi) is 4.23. The number of ether oxygens (including phenoxy) is 1. The molecular formula is C21H21N7O. The predicted octanol–water partition coefficient (Wildman–Crippen LogP) is 2.80. The van der Waals surface area contributed by atoms with Crippen LogP contribution in [0.3, 0.4) is 0 Å². The van der Waals surface area contributed by atoms with Crippen LogP contribution in [0.15, 0.2) is 49.1 Å². The lowest BCUT2D eigenvalue weighted by atomic mass is 10.1. The van der Waals surface area contributed by atoms with Crippen LogP contribution in [0, 0.1) is 0 Å². The van der Waals surface area contributed by atoms with Gasteiger partial charge < -0.3 is 15.0 Å². The lowest BCUT2D eigenvalue weighted by Crippen LogP contribution is -2.10. The first-order valence-electron chi connectivity index (χ1n) is 9.50.